The highest BCUT2D eigenvalue weighted by molar-refractivity contribution is 9.10. The predicted octanol–water partition coefficient (Wildman–Crippen LogP) is 3.84. The molecule has 2 aromatic rings. The molecule has 0 radical (unpaired) electrons. The number of para-hydroxylation sites is 1. The third kappa shape index (κ3) is 7.25. The van der Waals surface area contributed by atoms with Gasteiger partial charge in [0.15, 0.2) is 0 Å². The molecule has 2 aromatic carbocycles. The molecule has 7 nitrogen and oxygen atoms in total. The fourth-order valence-corrected chi connectivity index (χ4v) is 3.10. The second kappa shape index (κ2) is 11.3. The largest absolute Gasteiger partial charge is 0.496 e. The molecule has 0 bridgehead atoms. The van der Waals surface area contributed by atoms with Gasteiger partial charge in [0.2, 0.25) is 0 Å². The van der Waals surface area contributed by atoms with Crippen LogP contribution in [0.1, 0.15) is 36.2 Å². The van der Waals surface area contributed by atoms with Crippen LogP contribution < -0.4 is 15.4 Å². The van der Waals surface area contributed by atoms with Crippen molar-refractivity contribution in [3.05, 3.63) is 69.8 Å². The van der Waals surface area contributed by atoms with Crippen molar-refractivity contribution in [2.45, 2.75) is 26.3 Å². The molecule has 0 saturated carbocycles. The number of benzene rings is 2. The molecule has 0 fully saturated rings. The van der Waals surface area contributed by atoms with Crippen LogP contribution in [0.4, 0.5) is 0 Å². The third-order valence-electron chi connectivity index (χ3n) is 4.34. The van der Waals surface area contributed by atoms with Gasteiger partial charge in [-0.2, -0.15) is 0 Å². The van der Waals surface area contributed by atoms with Gasteiger partial charge in [-0.05, 0) is 48.2 Å². The minimum absolute atomic E-state index is 0.0588. The van der Waals surface area contributed by atoms with Crippen LogP contribution in [-0.2, 0) is 9.59 Å². The van der Waals surface area contributed by atoms with E-state index in [1.54, 1.807) is 48.5 Å². The summed E-state index contributed by atoms with van der Waals surface area (Å²) in [6.07, 6.45) is 1.75. The van der Waals surface area contributed by atoms with Gasteiger partial charge in [0.1, 0.15) is 17.5 Å². The van der Waals surface area contributed by atoms with Gasteiger partial charge < -0.3 is 20.5 Å². The standard InChI is InChI=1S/C23H25BrN2O5/c1-14(2)12-19(23(29)30)26-22(28)18(13-15-8-10-16(24)11-9-15)25-21(27)17-6-4-5-7-20(17)31-3/h4-11,13-14,19H,12H2,1-3H3,(H,25,27)(H,26,28)(H,29,30)/b18-13-. The van der Waals surface area contributed by atoms with Crippen LogP contribution in [0.15, 0.2) is 58.7 Å². The molecule has 31 heavy (non-hydrogen) atoms. The summed E-state index contributed by atoms with van der Waals surface area (Å²) in [7, 11) is 1.45. The number of carboxylic acids is 1. The Kier molecular flexibility index (Phi) is 8.81. The zero-order valence-corrected chi connectivity index (χ0v) is 19.1. The van der Waals surface area contributed by atoms with E-state index in [0.29, 0.717) is 11.3 Å². The Labute approximate surface area is 189 Å². The summed E-state index contributed by atoms with van der Waals surface area (Å²) in [6, 6.07) is 12.6. The maximum atomic E-state index is 12.9. The third-order valence-corrected chi connectivity index (χ3v) is 4.86. The summed E-state index contributed by atoms with van der Waals surface area (Å²) >= 11 is 3.35. The number of amides is 2. The molecule has 1 atom stereocenters. The predicted molar refractivity (Wildman–Crippen MR) is 122 cm³/mol. The number of carbonyl (C=O) groups is 3. The Balaban J connectivity index is 2.36. The fraction of sp³-hybridized carbons (Fsp3) is 0.261. The van der Waals surface area contributed by atoms with E-state index < -0.39 is 23.8 Å². The van der Waals surface area contributed by atoms with Gasteiger partial charge in [0, 0.05) is 4.47 Å². The van der Waals surface area contributed by atoms with Crippen molar-refractivity contribution >= 4 is 39.8 Å². The van der Waals surface area contributed by atoms with Crippen LogP contribution in [0.25, 0.3) is 6.08 Å². The van der Waals surface area contributed by atoms with Crippen LogP contribution in [0.3, 0.4) is 0 Å². The first kappa shape index (κ1) is 24.1. The van der Waals surface area contributed by atoms with Gasteiger partial charge in [-0.1, -0.05) is 54.0 Å². The first-order valence-corrected chi connectivity index (χ1v) is 10.5. The second-order valence-electron chi connectivity index (χ2n) is 7.26. The molecule has 0 spiro atoms. The van der Waals surface area contributed by atoms with Crippen molar-refractivity contribution < 1.29 is 24.2 Å². The summed E-state index contributed by atoms with van der Waals surface area (Å²) in [4.78, 5) is 37.4. The zero-order valence-electron chi connectivity index (χ0n) is 17.5. The van der Waals surface area contributed by atoms with E-state index in [-0.39, 0.29) is 23.6 Å². The maximum absolute atomic E-state index is 12.9. The Hall–Kier alpha value is -3.13. The highest BCUT2D eigenvalue weighted by atomic mass is 79.9. The maximum Gasteiger partial charge on any atom is 0.326 e. The number of aliphatic carboxylic acids is 1. The number of halogens is 1. The summed E-state index contributed by atoms with van der Waals surface area (Å²) in [5.74, 6) is -1.97. The van der Waals surface area contributed by atoms with Crippen LogP contribution in [-0.4, -0.2) is 36.0 Å². The number of carbonyl (C=O) groups excluding carboxylic acids is 2. The number of methoxy groups -OCH3 is 1. The van der Waals surface area contributed by atoms with Crippen LogP contribution in [0.5, 0.6) is 5.75 Å². The molecule has 164 valence electrons. The molecule has 0 aliphatic heterocycles. The minimum atomic E-state index is -1.14. The average molecular weight is 489 g/mol. The molecule has 0 aliphatic carbocycles. The quantitative estimate of drug-likeness (QED) is 0.465. The van der Waals surface area contributed by atoms with Gasteiger partial charge in [0.25, 0.3) is 11.8 Å². The SMILES string of the molecule is COc1ccccc1C(=O)N/C(=C\c1ccc(Br)cc1)C(=O)NC(CC(C)C)C(=O)O. The first-order valence-electron chi connectivity index (χ1n) is 9.66. The molecule has 3 N–H and O–H groups in total. The van der Waals surface area contributed by atoms with Crippen molar-refractivity contribution in [3.63, 3.8) is 0 Å². The summed E-state index contributed by atoms with van der Waals surface area (Å²) in [6.45, 7) is 3.73. The Morgan fingerprint density at radius 3 is 2.32 bits per heavy atom. The van der Waals surface area contributed by atoms with Crippen molar-refractivity contribution in [1.29, 1.82) is 0 Å². The molecule has 0 aliphatic rings. The number of hydrogen-bond acceptors (Lipinski definition) is 4. The molecule has 0 heterocycles. The van der Waals surface area contributed by atoms with Gasteiger partial charge in [-0.3, -0.25) is 9.59 Å². The van der Waals surface area contributed by atoms with Crippen LogP contribution >= 0.6 is 15.9 Å². The van der Waals surface area contributed by atoms with Crippen molar-refractivity contribution in [3.8, 4) is 5.75 Å². The summed E-state index contributed by atoms with van der Waals surface area (Å²) < 4.78 is 6.07. The van der Waals surface area contributed by atoms with Crippen molar-refractivity contribution in [2.75, 3.05) is 7.11 Å². The van der Waals surface area contributed by atoms with E-state index in [0.717, 1.165) is 4.47 Å². The smallest absolute Gasteiger partial charge is 0.326 e. The number of ether oxygens (including phenoxy) is 1. The number of hydrogen-bond donors (Lipinski definition) is 3. The highest BCUT2D eigenvalue weighted by Crippen LogP contribution is 2.18. The van der Waals surface area contributed by atoms with Gasteiger partial charge in [-0.15, -0.1) is 0 Å². The van der Waals surface area contributed by atoms with E-state index >= 15 is 0 Å². The number of nitrogens with one attached hydrogen (secondary N) is 2. The van der Waals surface area contributed by atoms with Gasteiger partial charge in [-0.25, -0.2) is 4.79 Å². The molecule has 2 rings (SSSR count). The Morgan fingerprint density at radius 1 is 1.10 bits per heavy atom. The summed E-state index contributed by atoms with van der Waals surface area (Å²) in [5.41, 5.74) is 0.828. The normalized spacial score (nSPS) is 12.2. The van der Waals surface area contributed by atoms with E-state index in [1.807, 2.05) is 13.8 Å². The average Bonchev–Trinajstić information content (AvgIpc) is 2.73. The first-order chi connectivity index (χ1) is 14.7. The molecule has 8 heteroatoms. The lowest BCUT2D eigenvalue weighted by Gasteiger charge is -2.18. The lowest BCUT2D eigenvalue weighted by atomic mass is 10.0. The molecule has 1 unspecified atom stereocenters. The minimum Gasteiger partial charge on any atom is -0.496 e. The van der Waals surface area contributed by atoms with E-state index in [2.05, 4.69) is 26.6 Å². The van der Waals surface area contributed by atoms with E-state index in [1.165, 1.54) is 13.2 Å². The van der Waals surface area contributed by atoms with Crippen molar-refractivity contribution in [1.82, 2.24) is 10.6 Å². The van der Waals surface area contributed by atoms with Gasteiger partial charge in [0.05, 0.1) is 12.7 Å². The lowest BCUT2D eigenvalue weighted by molar-refractivity contribution is -0.141. The topological polar surface area (TPSA) is 105 Å². The fourth-order valence-electron chi connectivity index (χ4n) is 2.83. The zero-order chi connectivity index (χ0) is 23.0. The molecule has 0 aromatic heterocycles. The Morgan fingerprint density at radius 2 is 1.74 bits per heavy atom. The monoisotopic (exact) mass is 488 g/mol. The summed E-state index contributed by atoms with van der Waals surface area (Å²) in [5, 5.41) is 14.6. The van der Waals surface area contributed by atoms with Crippen LogP contribution in [0, 0.1) is 5.92 Å². The Bertz CT molecular complexity index is 970. The molecular formula is C23H25BrN2O5. The molecule has 0 saturated heterocycles. The van der Waals surface area contributed by atoms with Gasteiger partial charge >= 0.3 is 5.97 Å². The van der Waals surface area contributed by atoms with E-state index in [4.69, 9.17) is 4.74 Å². The molecular weight excluding hydrogens is 464 g/mol. The second-order valence-corrected chi connectivity index (χ2v) is 8.17. The number of carboxylic acid groups (broad SMARTS) is 1. The van der Waals surface area contributed by atoms with Crippen LogP contribution in [0.2, 0.25) is 0 Å². The molecule has 2 amide bonds. The van der Waals surface area contributed by atoms with Crippen molar-refractivity contribution in [2.24, 2.45) is 5.92 Å². The number of rotatable bonds is 9. The highest BCUT2D eigenvalue weighted by Gasteiger charge is 2.24. The lowest BCUT2D eigenvalue weighted by Crippen LogP contribution is -2.45. The van der Waals surface area contributed by atoms with E-state index in [9.17, 15) is 19.5 Å².